The Morgan fingerprint density at radius 3 is 2.46 bits per heavy atom. The van der Waals surface area contributed by atoms with Crippen LogP contribution in [-0.4, -0.2) is 0 Å². The first-order valence-electron chi connectivity index (χ1n) is 9.65. The highest BCUT2D eigenvalue weighted by molar-refractivity contribution is 5.65. The van der Waals surface area contributed by atoms with Crippen LogP contribution in [0.4, 0.5) is 0 Å². The predicted octanol–water partition coefficient (Wildman–Crippen LogP) is 6.99. The molecule has 3 nitrogen and oxygen atoms in total. The molecule has 3 aromatic carbocycles. The number of rotatable bonds is 7. The fraction of sp³-hybridized carbons (Fsp3) is 0.240. The molecule has 3 heteroatoms. The molecule has 3 rings (SSSR count). The summed E-state index contributed by atoms with van der Waals surface area (Å²) in [5.74, 6) is 0.752. The van der Waals surface area contributed by atoms with Gasteiger partial charge < -0.3 is 4.74 Å². The van der Waals surface area contributed by atoms with Crippen LogP contribution in [-0.2, 0) is 5.11 Å². The molecule has 0 heterocycles. The maximum atomic E-state index is 11.7. The normalized spacial score (nSPS) is 11.6. The molecule has 0 amide bonds. The zero-order valence-electron chi connectivity index (χ0n) is 16.3. The van der Waals surface area contributed by atoms with Crippen molar-refractivity contribution in [1.82, 2.24) is 0 Å². The zero-order valence-corrected chi connectivity index (χ0v) is 16.3. The third kappa shape index (κ3) is 4.72. The van der Waals surface area contributed by atoms with Gasteiger partial charge in [-0.15, -0.1) is 0 Å². The average molecular weight is 370 g/mol. The summed E-state index contributed by atoms with van der Waals surface area (Å²) in [4.78, 5) is 0. The number of hydrogen-bond acceptors (Lipinski definition) is 2. The fourth-order valence-electron chi connectivity index (χ4n) is 3.20. The molecule has 1 radical (unpaired) electrons. The second-order valence-corrected chi connectivity index (χ2v) is 6.99. The van der Waals surface area contributed by atoms with Crippen molar-refractivity contribution in [3.63, 3.8) is 0 Å². The van der Waals surface area contributed by atoms with E-state index in [1.54, 1.807) is 12.1 Å². The highest BCUT2D eigenvalue weighted by atomic mass is 16.5. The van der Waals surface area contributed by atoms with Crippen molar-refractivity contribution in [3.05, 3.63) is 83.4 Å². The molecule has 3 aromatic rings. The second-order valence-electron chi connectivity index (χ2n) is 6.99. The van der Waals surface area contributed by atoms with Crippen LogP contribution in [0.3, 0.4) is 0 Å². The van der Waals surface area contributed by atoms with Gasteiger partial charge in [0.25, 0.3) is 0 Å². The SMILES string of the molecule is CCCCC(Oc1ccc([O])c(C)c1)c1cccc(-c2ccc(C#N)cc2)c1. The third-order valence-electron chi connectivity index (χ3n) is 4.85. The lowest BCUT2D eigenvalue weighted by molar-refractivity contribution is 0.191. The van der Waals surface area contributed by atoms with Gasteiger partial charge in [0.1, 0.15) is 11.9 Å². The van der Waals surface area contributed by atoms with Crippen LogP contribution in [0.25, 0.3) is 11.1 Å². The molecular formula is C25H24NO2. The van der Waals surface area contributed by atoms with Gasteiger partial charge in [-0.3, -0.25) is 5.11 Å². The molecule has 0 bridgehead atoms. The molecule has 0 aromatic heterocycles. The van der Waals surface area contributed by atoms with Crippen LogP contribution >= 0.6 is 0 Å². The Morgan fingerprint density at radius 2 is 1.79 bits per heavy atom. The van der Waals surface area contributed by atoms with Crippen molar-refractivity contribution in [1.29, 1.82) is 5.26 Å². The van der Waals surface area contributed by atoms with Crippen molar-refractivity contribution in [2.24, 2.45) is 0 Å². The first-order chi connectivity index (χ1) is 13.6. The number of unbranched alkanes of at least 4 members (excludes halogenated alkanes) is 1. The Morgan fingerprint density at radius 1 is 1.00 bits per heavy atom. The van der Waals surface area contributed by atoms with Crippen molar-refractivity contribution in [2.45, 2.75) is 39.2 Å². The first kappa shape index (κ1) is 19.5. The number of nitriles is 1. The molecule has 0 N–H and O–H groups in total. The van der Waals surface area contributed by atoms with Crippen LogP contribution in [0, 0.1) is 18.3 Å². The summed E-state index contributed by atoms with van der Waals surface area (Å²) in [7, 11) is 0. The average Bonchev–Trinajstić information content (AvgIpc) is 2.74. The Hall–Kier alpha value is -3.25. The van der Waals surface area contributed by atoms with Gasteiger partial charge in [-0.25, -0.2) is 0 Å². The Bertz CT molecular complexity index is 971. The summed E-state index contributed by atoms with van der Waals surface area (Å²) in [6, 6.07) is 23.2. The lowest BCUT2D eigenvalue weighted by Gasteiger charge is -2.21. The van der Waals surface area contributed by atoms with E-state index in [0.29, 0.717) is 11.1 Å². The van der Waals surface area contributed by atoms with Gasteiger partial charge in [0.05, 0.1) is 11.6 Å². The summed E-state index contributed by atoms with van der Waals surface area (Å²) < 4.78 is 6.28. The molecular weight excluding hydrogens is 346 g/mol. The number of nitrogens with zero attached hydrogens (tertiary/aromatic N) is 1. The quantitative estimate of drug-likeness (QED) is 0.450. The maximum absolute atomic E-state index is 11.7. The van der Waals surface area contributed by atoms with E-state index in [9.17, 15) is 5.11 Å². The minimum atomic E-state index is -0.0739. The molecule has 0 aliphatic heterocycles. The van der Waals surface area contributed by atoms with E-state index in [-0.39, 0.29) is 11.9 Å². The monoisotopic (exact) mass is 370 g/mol. The van der Waals surface area contributed by atoms with Gasteiger partial charge in [-0.2, -0.15) is 5.26 Å². The number of ether oxygens (including phenoxy) is 1. The van der Waals surface area contributed by atoms with Crippen LogP contribution in [0.15, 0.2) is 66.7 Å². The molecule has 0 aliphatic rings. The van der Waals surface area contributed by atoms with Gasteiger partial charge in [0.15, 0.2) is 5.75 Å². The standard InChI is InChI=1S/C25H24NO2/c1-3-4-8-25(28-23-13-14-24(27)18(2)15-23)22-7-5-6-21(16-22)20-11-9-19(17-26)10-12-20/h5-7,9-16,25H,3-4,8H2,1-2H3. The van der Waals surface area contributed by atoms with Gasteiger partial charge >= 0.3 is 0 Å². The Labute approximate surface area is 166 Å². The van der Waals surface area contributed by atoms with Crippen LogP contribution in [0.1, 0.15) is 49.0 Å². The molecule has 0 spiro atoms. The molecule has 0 saturated carbocycles. The van der Waals surface area contributed by atoms with Crippen molar-refractivity contribution in [3.8, 4) is 28.7 Å². The van der Waals surface area contributed by atoms with Crippen LogP contribution < -0.4 is 4.74 Å². The molecule has 141 valence electrons. The van der Waals surface area contributed by atoms with Gasteiger partial charge in [0, 0.05) is 5.56 Å². The largest absolute Gasteiger partial charge is 0.486 e. The predicted molar refractivity (Wildman–Crippen MR) is 111 cm³/mol. The highest BCUT2D eigenvalue weighted by Crippen LogP contribution is 2.31. The molecule has 0 fully saturated rings. The van der Waals surface area contributed by atoms with Crippen molar-refractivity contribution in [2.75, 3.05) is 0 Å². The highest BCUT2D eigenvalue weighted by Gasteiger charge is 2.15. The first-order valence-corrected chi connectivity index (χ1v) is 9.65. The summed E-state index contributed by atoms with van der Waals surface area (Å²) in [5, 5.41) is 20.7. The van der Waals surface area contributed by atoms with E-state index in [4.69, 9.17) is 10.00 Å². The topological polar surface area (TPSA) is 52.9 Å². The zero-order chi connectivity index (χ0) is 19.9. The lowest BCUT2D eigenvalue weighted by atomic mass is 9.97. The number of benzene rings is 3. The molecule has 0 saturated heterocycles. The summed E-state index contributed by atoms with van der Waals surface area (Å²) in [6.45, 7) is 3.97. The minimum absolute atomic E-state index is 0.0280. The van der Waals surface area contributed by atoms with E-state index >= 15 is 0 Å². The smallest absolute Gasteiger partial charge is 0.181 e. The number of aryl methyl sites for hydroxylation is 1. The fourth-order valence-corrected chi connectivity index (χ4v) is 3.20. The summed E-state index contributed by atoms with van der Waals surface area (Å²) in [6.07, 6.45) is 2.99. The maximum Gasteiger partial charge on any atom is 0.181 e. The van der Waals surface area contributed by atoms with E-state index in [1.165, 1.54) is 0 Å². The van der Waals surface area contributed by atoms with Gasteiger partial charge in [0.2, 0.25) is 0 Å². The van der Waals surface area contributed by atoms with Crippen LogP contribution in [0.2, 0.25) is 0 Å². The molecule has 1 atom stereocenters. The molecule has 28 heavy (non-hydrogen) atoms. The summed E-state index contributed by atoms with van der Waals surface area (Å²) >= 11 is 0. The second kappa shape index (κ2) is 9.10. The third-order valence-corrected chi connectivity index (χ3v) is 4.85. The van der Waals surface area contributed by atoms with Crippen molar-refractivity contribution < 1.29 is 9.84 Å². The molecule has 0 aliphatic carbocycles. The van der Waals surface area contributed by atoms with Gasteiger partial charge in [-0.1, -0.05) is 43.7 Å². The lowest BCUT2D eigenvalue weighted by Crippen LogP contribution is -2.08. The van der Waals surface area contributed by atoms with Gasteiger partial charge in [-0.05, 0) is 72.9 Å². The van der Waals surface area contributed by atoms with E-state index in [1.807, 2.05) is 43.3 Å². The molecule has 1 unspecified atom stereocenters. The minimum Gasteiger partial charge on any atom is -0.486 e. The van der Waals surface area contributed by atoms with Crippen molar-refractivity contribution >= 4 is 0 Å². The van der Waals surface area contributed by atoms with E-state index in [0.717, 1.165) is 41.7 Å². The van der Waals surface area contributed by atoms with Crippen LogP contribution in [0.5, 0.6) is 11.5 Å². The Kier molecular flexibility index (Phi) is 6.34. The van der Waals surface area contributed by atoms with E-state index in [2.05, 4.69) is 31.2 Å². The summed E-state index contributed by atoms with van der Waals surface area (Å²) in [5.41, 5.74) is 4.62. The number of hydrogen-bond donors (Lipinski definition) is 0. The van der Waals surface area contributed by atoms with E-state index < -0.39 is 0 Å². The Balaban J connectivity index is 1.89.